The SMILES string of the molecule is N#CC[C@@H](N)c1cc(F)cc(F)c1. The molecule has 1 rings (SSSR count). The van der Waals surface area contributed by atoms with E-state index in [-0.39, 0.29) is 6.42 Å². The van der Waals surface area contributed by atoms with Gasteiger partial charge in [-0.2, -0.15) is 5.26 Å². The van der Waals surface area contributed by atoms with Crippen LogP contribution in [0.25, 0.3) is 0 Å². The van der Waals surface area contributed by atoms with Crippen LogP contribution < -0.4 is 5.73 Å². The van der Waals surface area contributed by atoms with Crippen molar-refractivity contribution in [3.63, 3.8) is 0 Å². The molecule has 0 spiro atoms. The Morgan fingerprint density at radius 2 is 1.85 bits per heavy atom. The predicted octanol–water partition coefficient (Wildman–Crippen LogP) is 1.88. The molecule has 1 aromatic rings. The van der Waals surface area contributed by atoms with Crippen molar-refractivity contribution < 1.29 is 8.78 Å². The molecule has 0 heterocycles. The molecule has 0 aliphatic carbocycles. The Balaban J connectivity index is 2.95. The Morgan fingerprint density at radius 3 is 2.31 bits per heavy atom. The molecule has 0 aromatic heterocycles. The predicted molar refractivity (Wildman–Crippen MR) is 43.5 cm³/mol. The summed E-state index contributed by atoms with van der Waals surface area (Å²) in [6, 6.07) is 4.23. The number of benzene rings is 1. The molecule has 13 heavy (non-hydrogen) atoms. The first kappa shape index (κ1) is 9.62. The van der Waals surface area contributed by atoms with Crippen molar-refractivity contribution in [1.29, 1.82) is 5.26 Å². The summed E-state index contributed by atoms with van der Waals surface area (Å²) in [6.07, 6.45) is 0.0445. The minimum atomic E-state index is -0.677. The largest absolute Gasteiger partial charge is 0.323 e. The van der Waals surface area contributed by atoms with Gasteiger partial charge in [0, 0.05) is 12.1 Å². The Morgan fingerprint density at radius 1 is 1.31 bits per heavy atom. The molecule has 68 valence electrons. The molecule has 0 fully saturated rings. The van der Waals surface area contributed by atoms with E-state index in [0.717, 1.165) is 18.2 Å². The Kier molecular flexibility index (Phi) is 2.93. The van der Waals surface area contributed by atoms with Gasteiger partial charge in [0.1, 0.15) is 11.6 Å². The van der Waals surface area contributed by atoms with Gasteiger partial charge in [-0.05, 0) is 17.7 Å². The highest BCUT2D eigenvalue weighted by atomic mass is 19.1. The van der Waals surface area contributed by atoms with Gasteiger partial charge in [-0.15, -0.1) is 0 Å². The molecule has 0 saturated heterocycles. The zero-order valence-electron chi connectivity index (χ0n) is 6.80. The van der Waals surface area contributed by atoms with Crippen molar-refractivity contribution in [2.75, 3.05) is 0 Å². The molecule has 4 heteroatoms. The van der Waals surface area contributed by atoms with E-state index in [1.54, 1.807) is 0 Å². The van der Waals surface area contributed by atoms with Crippen molar-refractivity contribution in [1.82, 2.24) is 0 Å². The average Bonchev–Trinajstić information content (AvgIpc) is 2.03. The summed E-state index contributed by atoms with van der Waals surface area (Å²) in [5, 5.41) is 8.32. The van der Waals surface area contributed by atoms with E-state index in [4.69, 9.17) is 11.0 Å². The second kappa shape index (κ2) is 3.97. The van der Waals surface area contributed by atoms with Gasteiger partial charge in [-0.3, -0.25) is 0 Å². The van der Waals surface area contributed by atoms with Gasteiger partial charge in [-0.25, -0.2) is 8.78 Å². The lowest BCUT2D eigenvalue weighted by Crippen LogP contribution is -2.09. The third-order valence-electron chi connectivity index (χ3n) is 1.62. The van der Waals surface area contributed by atoms with Crippen LogP contribution in [-0.4, -0.2) is 0 Å². The van der Waals surface area contributed by atoms with E-state index in [9.17, 15) is 8.78 Å². The maximum Gasteiger partial charge on any atom is 0.126 e. The minimum Gasteiger partial charge on any atom is -0.323 e. The standard InChI is InChI=1S/C9H8F2N2/c10-7-3-6(4-8(11)5-7)9(13)1-2-12/h3-5,9H,1,13H2/t9-/m1/s1. The number of halogens is 2. The van der Waals surface area contributed by atoms with Gasteiger partial charge < -0.3 is 5.73 Å². The number of nitriles is 1. The molecule has 1 aromatic carbocycles. The van der Waals surface area contributed by atoms with Crippen molar-refractivity contribution in [2.45, 2.75) is 12.5 Å². The van der Waals surface area contributed by atoms with E-state index < -0.39 is 17.7 Å². The highest BCUT2D eigenvalue weighted by molar-refractivity contribution is 5.21. The van der Waals surface area contributed by atoms with Gasteiger partial charge in [0.2, 0.25) is 0 Å². The van der Waals surface area contributed by atoms with E-state index >= 15 is 0 Å². The molecular weight excluding hydrogens is 174 g/mol. The molecule has 0 aliphatic rings. The van der Waals surface area contributed by atoms with Crippen molar-refractivity contribution in [3.05, 3.63) is 35.4 Å². The first-order valence-electron chi connectivity index (χ1n) is 3.72. The first-order valence-corrected chi connectivity index (χ1v) is 3.72. The Bertz CT molecular complexity index is 324. The van der Waals surface area contributed by atoms with Crippen LogP contribution in [0.4, 0.5) is 8.78 Å². The van der Waals surface area contributed by atoms with Gasteiger partial charge >= 0.3 is 0 Å². The summed E-state index contributed by atoms with van der Waals surface area (Å²) in [6.45, 7) is 0. The number of nitrogens with two attached hydrogens (primary N) is 1. The van der Waals surface area contributed by atoms with Crippen LogP contribution in [0.5, 0.6) is 0 Å². The zero-order valence-corrected chi connectivity index (χ0v) is 6.80. The van der Waals surface area contributed by atoms with Crippen LogP contribution in [0.2, 0.25) is 0 Å². The van der Waals surface area contributed by atoms with Crippen LogP contribution in [0.3, 0.4) is 0 Å². The second-order valence-corrected chi connectivity index (χ2v) is 2.67. The lowest BCUT2D eigenvalue weighted by atomic mass is 10.1. The summed E-state index contributed by atoms with van der Waals surface area (Å²) < 4.78 is 25.3. The molecule has 2 nitrogen and oxygen atoms in total. The summed E-state index contributed by atoms with van der Waals surface area (Å²) in [7, 11) is 0. The Hall–Kier alpha value is -1.47. The molecule has 0 saturated carbocycles. The molecular formula is C9H8F2N2. The fraction of sp³-hybridized carbons (Fsp3) is 0.222. The highest BCUT2D eigenvalue weighted by Gasteiger charge is 2.08. The van der Waals surface area contributed by atoms with E-state index in [1.165, 1.54) is 0 Å². The summed E-state index contributed by atoms with van der Waals surface area (Å²) >= 11 is 0. The Labute approximate surface area is 74.6 Å². The molecule has 0 unspecified atom stereocenters. The van der Waals surface area contributed by atoms with Crippen LogP contribution in [0.15, 0.2) is 18.2 Å². The fourth-order valence-electron chi connectivity index (χ4n) is 1.01. The van der Waals surface area contributed by atoms with Crippen molar-refractivity contribution in [2.24, 2.45) is 5.73 Å². The zero-order chi connectivity index (χ0) is 9.84. The van der Waals surface area contributed by atoms with Gasteiger partial charge in [0.05, 0.1) is 12.5 Å². The summed E-state index contributed by atoms with van der Waals surface area (Å²) in [5.74, 6) is -1.35. The van der Waals surface area contributed by atoms with E-state index in [2.05, 4.69) is 0 Å². The fourth-order valence-corrected chi connectivity index (χ4v) is 1.01. The smallest absolute Gasteiger partial charge is 0.126 e. The molecule has 0 radical (unpaired) electrons. The first-order chi connectivity index (χ1) is 6.13. The van der Waals surface area contributed by atoms with Gasteiger partial charge in [0.15, 0.2) is 0 Å². The van der Waals surface area contributed by atoms with Crippen molar-refractivity contribution in [3.8, 4) is 6.07 Å². The number of rotatable bonds is 2. The average molecular weight is 182 g/mol. The van der Waals surface area contributed by atoms with Crippen molar-refractivity contribution >= 4 is 0 Å². The molecule has 0 amide bonds. The maximum absolute atomic E-state index is 12.7. The lowest BCUT2D eigenvalue weighted by molar-refractivity contribution is 0.574. The minimum absolute atomic E-state index is 0.0445. The molecule has 2 N–H and O–H groups in total. The van der Waals surface area contributed by atoms with Gasteiger partial charge in [0.25, 0.3) is 0 Å². The number of hydrogen-bond donors (Lipinski definition) is 1. The molecule has 1 atom stereocenters. The number of hydrogen-bond acceptors (Lipinski definition) is 2. The quantitative estimate of drug-likeness (QED) is 0.759. The lowest BCUT2D eigenvalue weighted by Gasteiger charge is -2.07. The summed E-state index contributed by atoms with van der Waals surface area (Å²) in [4.78, 5) is 0. The van der Waals surface area contributed by atoms with Crippen LogP contribution >= 0.6 is 0 Å². The second-order valence-electron chi connectivity index (χ2n) is 2.67. The number of nitrogens with zero attached hydrogens (tertiary/aromatic N) is 1. The normalized spacial score (nSPS) is 12.2. The topological polar surface area (TPSA) is 49.8 Å². The van der Waals surface area contributed by atoms with Gasteiger partial charge in [-0.1, -0.05) is 0 Å². The third-order valence-corrected chi connectivity index (χ3v) is 1.62. The monoisotopic (exact) mass is 182 g/mol. The van der Waals surface area contributed by atoms with E-state index in [1.807, 2.05) is 6.07 Å². The van der Waals surface area contributed by atoms with Crippen LogP contribution in [0.1, 0.15) is 18.0 Å². The van der Waals surface area contributed by atoms with E-state index in [0.29, 0.717) is 5.56 Å². The molecule has 0 bridgehead atoms. The third kappa shape index (κ3) is 2.49. The maximum atomic E-state index is 12.7. The molecule has 0 aliphatic heterocycles. The van der Waals surface area contributed by atoms with Crippen LogP contribution in [0, 0.1) is 23.0 Å². The van der Waals surface area contributed by atoms with Crippen LogP contribution in [-0.2, 0) is 0 Å². The highest BCUT2D eigenvalue weighted by Crippen LogP contribution is 2.16. The summed E-state index contributed by atoms with van der Waals surface area (Å²) in [5.41, 5.74) is 5.79.